The Balaban J connectivity index is 2.02. The molecule has 0 aliphatic carbocycles. The van der Waals surface area contributed by atoms with Crippen LogP contribution in [0.2, 0.25) is 0 Å². The maximum Gasteiger partial charge on any atom is 0.350 e. The Labute approximate surface area is 156 Å². The van der Waals surface area contributed by atoms with Crippen LogP contribution >= 0.6 is 11.3 Å². The van der Waals surface area contributed by atoms with Gasteiger partial charge in [-0.3, -0.25) is 4.79 Å². The molecule has 136 valence electrons. The van der Waals surface area contributed by atoms with Crippen LogP contribution in [0.1, 0.15) is 45.5 Å². The number of anilines is 1. The minimum absolute atomic E-state index is 0.210. The molecular weight excluding hydrogens is 348 g/mol. The molecule has 1 aromatic carbocycles. The van der Waals surface area contributed by atoms with Crippen LogP contribution in [0.3, 0.4) is 0 Å². The molecule has 2 aromatic heterocycles. The van der Waals surface area contributed by atoms with Gasteiger partial charge >= 0.3 is 5.97 Å². The average Bonchev–Trinajstić information content (AvgIpc) is 3.22. The molecule has 0 aliphatic heterocycles. The Morgan fingerprint density at radius 3 is 2.73 bits per heavy atom. The van der Waals surface area contributed by atoms with Gasteiger partial charge in [0.1, 0.15) is 10.6 Å². The number of para-hydroxylation sites is 1. The number of benzene rings is 1. The van der Waals surface area contributed by atoms with E-state index >= 15 is 0 Å². The van der Waals surface area contributed by atoms with Crippen LogP contribution in [0, 0.1) is 6.92 Å². The third-order valence-electron chi connectivity index (χ3n) is 4.46. The van der Waals surface area contributed by atoms with Gasteiger partial charge < -0.3 is 14.6 Å². The van der Waals surface area contributed by atoms with E-state index in [0.29, 0.717) is 16.3 Å². The molecule has 1 amide bonds. The van der Waals surface area contributed by atoms with Crippen molar-refractivity contribution in [1.29, 1.82) is 0 Å². The second-order valence-electron chi connectivity index (χ2n) is 6.11. The molecule has 0 saturated heterocycles. The first kappa shape index (κ1) is 18.2. The fourth-order valence-corrected chi connectivity index (χ4v) is 3.92. The molecule has 2 heterocycles. The number of nitrogens with one attached hydrogen (secondary N) is 1. The number of carbonyl (C=O) groups is 2. The van der Waals surface area contributed by atoms with Crippen LogP contribution in [-0.2, 0) is 11.3 Å². The van der Waals surface area contributed by atoms with Crippen molar-refractivity contribution in [3.63, 3.8) is 0 Å². The monoisotopic (exact) mass is 370 g/mol. The topological polar surface area (TPSA) is 60.3 Å². The average molecular weight is 370 g/mol. The summed E-state index contributed by atoms with van der Waals surface area (Å²) in [5.74, 6) is -0.656. The third-order valence-corrected chi connectivity index (χ3v) is 5.35. The van der Waals surface area contributed by atoms with E-state index in [1.807, 2.05) is 31.2 Å². The van der Waals surface area contributed by atoms with Gasteiger partial charge in [0.25, 0.3) is 5.91 Å². The zero-order valence-corrected chi connectivity index (χ0v) is 16.0. The molecule has 5 nitrogen and oxygen atoms in total. The van der Waals surface area contributed by atoms with Crippen molar-refractivity contribution >= 4 is 39.8 Å². The second-order valence-corrected chi connectivity index (χ2v) is 7.02. The summed E-state index contributed by atoms with van der Waals surface area (Å²) in [4.78, 5) is 25.3. The van der Waals surface area contributed by atoms with E-state index in [1.165, 1.54) is 18.4 Å². The summed E-state index contributed by atoms with van der Waals surface area (Å²) < 4.78 is 6.86. The number of hydrogen-bond acceptors (Lipinski definition) is 4. The lowest BCUT2D eigenvalue weighted by Gasteiger charge is -2.11. The lowest BCUT2D eigenvalue weighted by atomic mass is 10.1. The number of fused-ring (bicyclic) bond motifs is 1. The van der Waals surface area contributed by atoms with Crippen LogP contribution in [0.15, 0.2) is 35.7 Å². The summed E-state index contributed by atoms with van der Waals surface area (Å²) in [6.45, 7) is 4.88. The number of hydrogen-bond donors (Lipinski definition) is 1. The number of amides is 1. The molecule has 3 aromatic rings. The number of aryl methyl sites for hydroxylation is 2. The van der Waals surface area contributed by atoms with Gasteiger partial charge in [0.2, 0.25) is 0 Å². The number of rotatable bonds is 6. The van der Waals surface area contributed by atoms with E-state index in [-0.39, 0.29) is 5.91 Å². The molecule has 0 aliphatic rings. The molecule has 0 spiro atoms. The van der Waals surface area contributed by atoms with Crippen molar-refractivity contribution in [1.82, 2.24) is 4.57 Å². The zero-order chi connectivity index (χ0) is 18.7. The summed E-state index contributed by atoms with van der Waals surface area (Å²) in [5.41, 5.74) is 3.13. The number of ether oxygens (including phenoxy) is 1. The minimum Gasteiger partial charge on any atom is -0.465 e. The Morgan fingerprint density at radius 2 is 2.00 bits per heavy atom. The largest absolute Gasteiger partial charge is 0.465 e. The number of methoxy groups -OCH3 is 1. The summed E-state index contributed by atoms with van der Waals surface area (Å²) in [7, 11) is 1.33. The van der Waals surface area contributed by atoms with Crippen LogP contribution in [0.25, 0.3) is 10.9 Å². The van der Waals surface area contributed by atoms with Gasteiger partial charge in [0, 0.05) is 17.4 Å². The van der Waals surface area contributed by atoms with Gasteiger partial charge in [-0.2, -0.15) is 0 Å². The van der Waals surface area contributed by atoms with E-state index in [2.05, 4.69) is 16.8 Å². The molecule has 6 heteroatoms. The number of esters is 1. The van der Waals surface area contributed by atoms with Crippen LogP contribution in [0.4, 0.5) is 5.69 Å². The maximum absolute atomic E-state index is 13.1. The fraction of sp³-hybridized carbons (Fsp3) is 0.300. The van der Waals surface area contributed by atoms with Crippen molar-refractivity contribution in [2.24, 2.45) is 0 Å². The SMILES string of the molecule is CCCCn1c(C(=O)Nc2ccsc2C(=O)OC)c(C)c2ccccc21. The Morgan fingerprint density at radius 1 is 1.23 bits per heavy atom. The molecule has 0 bridgehead atoms. The predicted octanol–water partition coefficient (Wildman–Crippen LogP) is 4.85. The Kier molecular flexibility index (Phi) is 5.42. The summed E-state index contributed by atoms with van der Waals surface area (Å²) in [6, 6.07) is 9.77. The summed E-state index contributed by atoms with van der Waals surface area (Å²) in [5, 5.41) is 5.73. The molecule has 3 rings (SSSR count). The first-order valence-corrected chi connectivity index (χ1v) is 9.51. The van der Waals surface area contributed by atoms with Gasteiger partial charge in [-0.15, -0.1) is 11.3 Å². The normalized spacial score (nSPS) is 10.9. The standard InChI is InChI=1S/C20H22N2O3S/c1-4-5-11-22-16-9-7-6-8-14(16)13(2)17(22)19(23)21-15-10-12-26-18(15)20(24)25-3/h6-10,12H,4-5,11H2,1-3H3,(H,21,23). The fourth-order valence-electron chi connectivity index (χ4n) is 3.16. The first-order valence-electron chi connectivity index (χ1n) is 8.63. The predicted molar refractivity (Wildman–Crippen MR) is 105 cm³/mol. The van der Waals surface area contributed by atoms with Crippen molar-refractivity contribution in [2.45, 2.75) is 33.2 Å². The van der Waals surface area contributed by atoms with Crippen molar-refractivity contribution in [2.75, 3.05) is 12.4 Å². The highest BCUT2D eigenvalue weighted by atomic mass is 32.1. The van der Waals surface area contributed by atoms with Gasteiger partial charge in [-0.1, -0.05) is 31.5 Å². The Bertz CT molecular complexity index is 955. The number of thiophene rings is 1. The van der Waals surface area contributed by atoms with E-state index < -0.39 is 5.97 Å². The van der Waals surface area contributed by atoms with Crippen molar-refractivity contribution in [3.8, 4) is 0 Å². The number of nitrogens with zero attached hydrogens (tertiary/aromatic N) is 1. The van der Waals surface area contributed by atoms with E-state index in [9.17, 15) is 9.59 Å². The highest BCUT2D eigenvalue weighted by Gasteiger charge is 2.22. The lowest BCUT2D eigenvalue weighted by Crippen LogP contribution is -2.19. The van der Waals surface area contributed by atoms with E-state index in [4.69, 9.17) is 4.74 Å². The van der Waals surface area contributed by atoms with Crippen molar-refractivity contribution in [3.05, 3.63) is 51.8 Å². The van der Waals surface area contributed by atoms with Crippen molar-refractivity contribution < 1.29 is 14.3 Å². The second kappa shape index (κ2) is 7.74. The molecular formula is C20H22N2O3S. The molecule has 0 fully saturated rings. The van der Waals surface area contributed by atoms with Crippen LogP contribution in [0.5, 0.6) is 0 Å². The highest BCUT2D eigenvalue weighted by molar-refractivity contribution is 7.12. The van der Waals surface area contributed by atoms with Crippen LogP contribution in [-0.4, -0.2) is 23.6 Å². The smallest absolute Gasteiger partial charge is 0.350 e. The zero-order valence-electron chi connectivity index (χ0n) is 15.2. The Hall–Kier alpha value is -2.60. The lowest BCUT2D eigenvalue weighted by molar-refractivity contribution is 0.0607. The molecule has 0 unspecified atom stereocenters. The molecule has 0 saturated carbocycles. The molecule has 26 heavy (non-hydrogen) atoms. The molecule has 0 radical (unpaired) electrons. The third kappa shape index (κ3) is 3.24. The minimum atomic E-state index is -0.446. The first-order chi connectivity index (χ1) is 12.6. The van der Waals surface area contributed by atoms with Gasteiger partial charge in [0.15, 0.2) is 0 Å². The number of carbonyl (C=O) groups excluding carboxylic acids is 2. The maximum atomic E-state index is 13.1. The van der Waals surface area contributed by atoms with Gasteiger partial charge in [-0.05, 0) is 36.4 Å². The number of unbranched alkanes of at least 4 members (excludes halogenated alkanes) is 1. The summed E-state index contributed by atoms with van der Waals surface area (Å²) >= 11 is 1.25. The molecule has 1 N–H and O–H groups in total. The van der Waals surface area contributed by atoms with Gasteiger partial charge in [0.05, 0.1) is 12.8 Å². The molecule has 0 atom stereocenters. The van der Waals surface area contributed by atoms with E-state index in [1.54, 1.807) is 11.4 Å². The highest BCUT2D eigenvalue weighted by Crippen LogP contribution is 2.28. The summed E-state index contributed by atoms with van der Waals surface area (Å²) in [6.07, 6.45) is 2.04. The quantitative estimate of drug-likeness (QED) is 0.631. The van der Waals surface area contributed by atoms with E-state index in [0.717, 1.165) is 35.9 Å². The van der Waals surface area contributed by atoms with Crippen LogP contribution < -0.4 is 5.32 Å². The van der Waals surface area contributed by atoms with Gasteiger partial charge in [-0.25, -0.2) is 4.79 Å². The number of aromatic nitrogens is 1.